The summed E-state index contributed by atoms with van der Waals surface area (Å²) in [5.41, 5.74) is 0.123. The minimum Gasteiger partial charge on any atom is -0.312 e. The van der Waals surface area contributed by atoms with Gasteiger partial charge in [0, 0.05) is 5.54 Å². The van der Waals surface area contributed by atoms with E-state index >= 15 is 0 Å². The van der Waals surface area contributed by atoms with Gasteiger partial charge in [-0.3, -0.25) is 0 Å². The monoisotopic (exact) mass is 277 g/mol. The Bertz CT molecular complexity index is 328. The molecule has 0 aromatic rings. The molecule has 110 valence electrons. The standard InChI is InChI=1S/C14H31NO2S/c1-11(2)18(16,17)9-8-12(3)13(4)10-15-14(5,6)7/h11-13,15H,8-10H2,1-7H3. The Labute approximate surface area is 114 Å². The zero-order valence-corrected chi connectivity index (χ0v) is 13.9. The van der Waals surface area contributed by atoms with Crippen molar-refractivity contribution in [1.29, 1.82) is 0 Å². The molecule has 0 aliphatic carbocycles. The van der Waals surface area contributed by atoms with Crippen LogP contribution < -0.4 is 5.32 Å². The number of hydrogen-bond donors (Lipinski definition) is 1. The van der Waals surface area contributed by atoms with Crippen LogP contribution in [-0.2, 0) is 9.84 Å². The summed E-state index contributed by atoms with van der Waals surface area (Å²) in [4.78, 5) is 0. The Morgan fingerprint density at radius 3 is 1.89 bits per heavy atom. The molecule has 1 N–H and O–H groups in total. The molecule has 2 unspecified atom stereocenters. The van der Waals surface area contributed by atoms with Crippen LogP contribution >= 0.6 is 0 Å². The first-order chi connectivity index (χ1) is 7.96. The van der Waals surface area contributed by atoms with Crippen molar-refractivity contribution in [1.82, 2.24) is 5.32 Å². The van der Waals surface area contributed by atoms with Gasteiger partial charge in [-0.05, 0) is 59.4 Å². The first kappa shape index (κ1) is 17.9. The molecule has 0 aliphatic rings. The molecule has 18 heavy (non-hydrogen) atoms. The van der Waals surface area contributed by atoms with E-state index in [0.717, 1.165) is 13.0 Å². The molecule has 0 aromatic heterocycles. The highest BCUT2D eigenvalue weighted by atomic mass is 32.2. The third-order valence-electron chi connectivity index (χ3n) is 3.50. The van der Waals surface area contributed by atoms with Crippen molar-refractivity contribution in [2.24, 2.45) is 11.8 Å². The minimum absolute atomic E-state index is 0.123. The van der Waals surface area contributed by atoms with E-state index in [-0.39, 0.29) is 10.8 Å². The smallest absolute Gasteiger partial charge is 0.152 e. The van der Waals surface area contributed by atoms with Crippen LogP contribution in [0.1, 0.15) is 54.9 Å². The van der Waals surface area contributed by atoms with Gasteiger partial charge < -0.3 is 5.32 Å². The molecular formula is C14H31NO2S. The van der Waals surface area contributed by atoms with Crippen molar-refractivity contribution in [3.8, 4) is 0 Å². The molecule has 0 aromatic carbocycles. The molecular weight excluding hydrogens is 246 g/mol. The zero-order chi connectivity index (χ0) is 14.6. The highest BCUT2D eigenvalue weighted by Gasteiger charge is 2.20. The van der Waals surface area contributed by atoms with Gasteiger partial charge in [0.15, 0.2) is 9.84 Å². The van der Waals surface area contributed by atoms with E-state index in [4.69, 9.17) is 0 Å². The normalized spacial score (nSPS) is 16.9. The summed E-state index contributed by atoms with van der Waals surface area (Å²) in [7, 11) is -2.89. The second kappa shape index (κ2) is 6.90. The minimum atomic E-state index is -2.89. The Morgan fingerprint density at radius 2 is 1.50 bits per heavy atom. The van der Waals surface area contributed by atoms with E-state index in [1.807, 2.05) is 0 Å². The Balaban J connectivity index is 4.14. The van der Waals surface area contributed by atoms with E-state index in [1.165, 1.54) is 0 Å². The van der Waals surface area contributed by atoms with Crippen molar-refractivity contribution in [3.05, 3.63) is 0 Å². The molecule has 0 fully saturated rings. The van der Waals surface area contributed by atoms with E-state index < -0.39 is 9.84 Å². The van der Waals surface area contributed by atoms with Crippen LogP contribution in [0.5, 0.6) is 0 Å². The summed E-state index contributed by atoms with van der Waals surface area (Å²) in [6, 6.07) is 0. The van der Waals surface area contributed by atoms with Crippen LogP contribution in [0.25, 0.3) is 0 Å². The Kier molecular flexibility index (Phi) is 6.86. The molecule has 2 atom stereocenters. The fraction of sp³-hybridized carbons (Fsp3) is 1.00. The fourth-order valence-corrected chi connectivity index (χ4v) is 2.71. The maximum Gasteiger partial charge on any atom is 0.152 e. The molecule has 4 heteroatoms. The second-order valence-electron chi connectivity index (χ2n) is 6.79. The molecule has 3 nitrogen and oxygen atoms in total. The lowest BCUT2D eigenvalue weighted by Gasteiger charge is -2.26. The summed E-state index contributed by atoms with van der Waals surface area (Å²) < 4.78 is 23.5. The number of sulfone groups is 1. The van der Waals surface area contributed by atoms with Crippen LogP contribution in [0, 0.1) is 11.8 Å². The van der Waals surface area contributed by atoms with Gasteiger partial charge >= 0.3 is 0 Å². The van der Waals surface area contributed by atoms with Crippen molar-refractivity contribution in [2.45, 2.75) is 65.7 Å². The summed E-state index contributed by atoms with van der Waals surface area (Å²) in [5.74, 6) is 1.23. The molecule has 0 rings (SSSR count). The molecule has 0 aliphatic heterocycles. The maximum absolute atomic E-state index is 11.8. The summed E-state index contributed by atoms with van der Waals surface area (Å²) >= 11 is 0. The van der Waals surface area contributed by atoms with E-state index in [2.05, 4.69) is 39.9 Å². The van der Waals surface area contributed by atoms with Crippen molar-refractivity contribution >= 4 is 9.84 Å². The molecule has 0 saturated heterocycles. The lowest BCUT2D eigenvalue weighted by molar-refractivity contribution is 0.313. The predicted octanol–water partition coefficient (Wildman–Crippen LogP) is 2.86. The van der Waals surface area contributed by atoms with Gasteiger partial charge in [0.25, 0.3) is 0 Å². The van der Waals surface area contributed by atoms with E-state index in [0.29, 0.717) is 17.6 Å². The largest absolute Gasteiger partial charge is 0.312 e. The summed E-state index contributed by atoms with van der Waals surface area (Å²) in [6.07, 6.45) is 0.757. The van der Waals surface area contributed by atoms with Crippen LogP contribution in [-0.4, -0.2) is 31.5 Å². The highest BCUT2D eigenvalue weighted by molar-refractivity contribution is 7.91. The predicted molar refractivity (Wildman–Crippen MR) is 79.6 cm³/mol. The van der Waals surface area contributed by atoms with Crippen molar-refractivity contribution < 1.29 is 8.42 Å². The van der Waals surface area contributed by atoms with Crippen LogP contribution in [0.3, 0.4) is 0 Å². The van der Waals surface area contributed by atoms with Gasteiger partial charge in [-0.25, -0.2) is 8.42 Å². The molecule has 0 bridgehead atoms. The van der Waals surface area contributed by atoms with Gasteiger partial charge in [0.2, 0.25) is 0 Å². The third-order valence-corrected chi connectivity index (χ3v) is 5.74. The zero-order valence-electron chi connectivity index (χ0n) is 13.1. The topological polar surface area (TPSA) is 46.2 Å². The fourth-order valence-electron chi connectivity index (χ4n) is 1.54. The first-order valence-corrected chi connectivity index (χ1v) is 8.64. The van der Waals surface area contributed by atoms with Gasteiger partial charge in [-0.1, -0.05) is 13.8 Å². The Hall–Kier alpha value is -0.0900. The summed E-state index contributed by atoms with van der Waals surface area (Å²) in [5, 5.41) is 3.22. The van der Waals surface area contributed by atoms with Gasteiger partial charge in [-0.2, -0.15) is 0 Å². The average Bonchev–Trinajstić information content (AvgIpc) is 2.21. The van der Waals surface area contributed by atoms with Crippen molar-refractivity contribution in [3.63, 3.8) is 0 Å². The number of hydrogen-bond acceptors (Lipinski definition) is 3. The SMILES string of the molecule is CC(CCS(=O)(=O)C(C)C)C(C)CNC(C)(C)C. The van der Waals surface area contributed by atoms with E-state index in [1.54, 1.807) is 13.8 Å². The van der Waals surface area contributed by atoms with Crippen LogP contribution in [0.2, 0.25) is 0 Å². The van der Waals surface area contributed by atoms with Gasteiger partial charge in [0.1, 0.15) is 0 Å². The van der Waals surface area contributed by atoms with Crippen LogP contribution in [0.15, 0.2) is 0 Å². The first-order valence-electron chi connectivity index (χ1n) is 6.92. The van der Waals surface area contributed by atoms with Gasteiger partial charge in [-0.15, -0.1) is 0 Å². The maximum atomic E-state index is 11.8. The molecule has 0 spiro atoms. The second-order valence-corrected chi connectivity index (χ2v) is 9.47. The molecule has 0 saturated carbocycles. The number of nitrogens with one attached hydrogen (secondary N) is 1. The lowest BCUT2D eigenvalue weighted by atomic mass is 9.92. The molecule has 0 amide bonds. The molecule has 0 radical (unpaired) electrons. The highest BCUT2D eigenvalue weighted by Crippen LogP contribution is 2.17. The lowest BCUT2D eigenvalue weighted by Crippen LogP contribution is -2.40. The van der Waals surface area contributed by atoms with Crippen molar-refractivity contribution in [2.75, 3.05) is 12.3 Å². The van der Waals surface area contributed by atoms with Gasteiger partial charge in [0.05, 0.1) is 11.0 Å². The third kappa shape index (κ3) is 7.37. The Morgan fingerprint density at radius 1 is 1.00 bits per heavy atom. The summed E-state index contributed by atoms with van der Waals surface area (Å²) in [6.45, 7) is 15.2. The van der Waals surface area contributed by atoms with Crippen LogP contribution in [0.4, 0.5) is 0 Å². The number of rotatable bonds is 7. The quantitative estimate of drug-likeness (QED) is 0.778. The average molecular weight is 277 g/mol. The molecule has 0 heterocycles. The van der Waals surface area contributed by atoms with E-state index in [9.17, 15) is 8.42 Å².